The molecule has 0 spiro atoms. The van der Waals surface area contributed by atoms with Crippen LogP contribution in [0.15, 0.2) is 36.4 Å². The maximum Gasteiger partial charge on any atom is 1.00 e. The van der Waals surface area contributed by atoms with Gasteiger partial charge in [-0.3, -0.25) is 0 Å². The van der Waals surface area contributed by atoms with Crippen LogP contribution in [0.5, 0.6) is 0 Å². The van der Waals surface area contributed by atoms with Gasteiger partial charge in [-0.05, 0) is 0 Å². The minimum atomic E-state index is 0. The van der Waals surface area contributed by atoms with Gasteiger partial charge in [-0.25, -0.2) is 0 Å². The van der Waals surface area contributed by atoms with E-state index < -0.39 is 0 Å². The van der Waals surface area contributed by atoms with Crippen LogP contribution in [0.25, 0.3) is 0 Å². The second-order valence-corrected chi connectivity index (χ2v) is 1.15. The van der Waals surface area contributed by atoms with E-state index in [9.17, 15) is 0 Å². The zero-order valence-electron chi connectivity index (χ0n) is 5.87. The lowest BCUT2D eigenvalue weighted by atomic mass is 10.4. The highest BCUT2D eigenvalue weighted by atomic mass is 35.5. The Labute approximate surface area is 52.6 Å². The summed E-state index contributed by atoms with van der Waals surface area (Å²) in [6.45, 7) is 0. The van der Waals surface area contributed by atoms with Gasteiger partial charge in [0.25, 0.3) is 0 Å². The molecule has 1 heteroatoms. The summed E-state index contributed by atoms with van der Waals surface area (Å²) in [7, 11) is 0. The third kappa shape index (κ3) is 2.24. The molecule has 1 aromatic carbocycles. The van der Waals surface area contributed by atoms with Crippen molar-refractivity contribution in [2.75, 3.05) is 0 Å². The molecule has 0 heterocycles. The van der Waals surface area contributed by atoms with Gasteiger partial charge in [-0.15, -0.1) is 12.4 Å². The predicted octanol–water partition coefficient (Wildman–Crippen LogP) is 2.33. The molecule has 0 nitrogen and oxygen atoms in total. The number of benzene rings is 1. The molecular weight excluding hydrogens is 108 g/mol. The average molecular weight is 117 g/mol. The van der Waals surface area contributed by atoms with Gasteiger partial charge in [0.15, 0.2) is 0 Å². The first kappa shape index (κ1) is 6.51. The normalized spacial score (nSPS) is 6.86. The molecule has 0 aromatic heterocycles. The Bertz CT molecular complexity index is 83.0. The highest BCUT2D eigenvalue weighted by Gasteiger charge is 1.57. The van der Waals surface area contributed by atoms with Crippen molar-refractivity contribution in [3.8, 4) is 0 Å². The second-order valence-electron chi connectivity index (χ2n) is 1.15. The van der Waals surface area contributed by atoms with Crippen LogP contribution in [0.1, 0.15) is 2.85 Å². The first-order chi connectivity index (χ1) is 3.00. The second kappa shape index (κ2) is 3.69. The average Bonchev–Trinajstić information content (AvgIpc) is 1.72. The molecule has 0 saturated carbocycles. The third-order valence-electron chi connectivity index (χ3n) is 0.667. The Hall–Kier alpha value is -0.490. The molecule has 38 valence electrons. The number of rotatable bonds is 0. The predicted molar refractivity (Wildman–Crippen MR) is 35.9 cm³/mol. The Morgan fingerprint density at radius 3 is 0.857 bits per heavy atom. The highest BCUT2D eigenvalue weighted by Crippen LogP contribution is 1.79. The van der Waals surface area contributed by atoms with Gasteiger partial charge >= 0.3 is 2.85 Å². The zero-order valence-corrected chi connectivity index (χ0v) is 4.69. The van der Waals surface area contributed by atoms with Gasteiger partial charge in [0, 0.05) is 0 Å². The Morgan fingerprint density at radius 1 is 0.571 bits per heavy atom. The van der Waals surface area contributed by atoms with Gasteiger partial charge < -0.3 is 0 Å². The van der Waals surface area contributed by atoms with Crippen LogP contribution < -0.4 is 0 Å². The van der Waals surface area contributed by atoms with Crippen LogP contribution in [0.2, 0.25) is 0 Å². The molecule has 0 aliphatic rings. The monoisotopic (exact) mass is 116 g/mol. The van der Waals surface area contributed by atoms with Crippen molar-refractivity contribution >= 4 is 12.4 Å². The number of hydrogen-bond donors (Lipinski definition) is 0. The number of halogens is 1. The van der Waals surface area contributed by atoms with Crippen molar-refractivity contribution in [2.45, 2.75) is 0 Å². The van der Waals surface area contributed by atoms with Crippen LogP contribution in [-0.4, -0.2) is 0 Å². The summed E-state index contributed by atoms with van der Waals surface area (Å²) in [6.07, 6.45) is 0. The summed E-state index contributed by atoms with van der Waals surface area (Å²) < 4.78 is 0. The molecule has 1 aromatic rings. The van der Waals surface area contributed by atoms with Crippen LogP contribution in [-0.2, 0) is 0 Å². The Morgan fingerprint density at radius 2 is 0.714 bits per heavy atom. The lowest BCUT2D eigenvalue weighted by molar-refractivity contribution is 1.72. The summed E-state index contributed by atoms with van der Waals surface area (Å²) in [5.41, 5.74) is 0. The van der Waals surface area contributed by atoms with Gasteiger partial charge in [-0.1, -0.05) is 36.4 Å². The van der Waals surface area contributed by atoms with Crippen molar-refractivity contribution in [3.05, 3.63) is 36.4 Å². The third-order valence-corrected chi connectivity index (χ3v) is 0.667. The van der Waals surface area contributed by atoms with Gasteiger partial charge in [0.1, 0.15) is 0 Å². The lowest BCUT2D eigenvalue weighted by Gasteiger charge is -1.69. The van der Waals surface area contributed by atoms with E-state index in [2.05, 4.69) is 0 Å². The molecule has 1 rings (SSSR count). The quantitative estimate of drug-likeness (QED) is 0.488. The zero-order chi connectivity index (χ0) is 4.24. The van der Waals surface area contributed by atoms with E-state index in [0.29, 0.717) is 0 Å². The van der Waals surface area contributed by atoms with E-state index in [1.807, 2.05) is 36.4 Å². The SMILES string of the molecule is Cl.[H+].[H+].c1ccccc1. The first-order valence-electron chi connectivity index (χ1n) is 2.00. The maximum atomic E-state index is 2.00. The van der Waals surface area contributed by atoms with Crippen molar-refractivity contribution in [3.63, 3.8) is 0 Å². The molecule has 0 saturated heterocycles. The van der Waals surface area contributed by atoms with E-state index in [-0.39, 0.29) is 15.3 Å². The fourth-order valence-corrected chi connectivity index (χ4v) is 0.385. The van der Waals surface area contributed by atoms with Gasteiger partial charge in [-0.2, -0.15) is 0 Å². The largest absolute Gasteiger partial charge is 1.00 e. The number of hydrogen-bond acceptors (Lipinski definition) is 0. The molecular formula is C6H9Cl+2. The fourth-order valence-electron chi connectivity index (χ4n) is 0.385. The lowest BCUT2D eigenvalue weighted by Crippen LogP contribution is -1.47. The van der Waals surface area contributed by atoms with Crippen LogP contribution in [0, 0.1) is 0 Å². The molecule has 0 fully saturated rings. The smallest absolute Gasteiger partial charge is 0.147 e. The molecule has 0 aliphatic heterocycles. The summed E-state index contributed by atoms with van der Waals surface area (Å²) in [6, 6.07) is 12.0. The minimum absolute atomic E-state index is 0. The molecule has 0 unspecified atom stereocenters. The van der Waals surface area contributed by atoms with Crippen LogP contribution in [0.3, 0.4) is 0 Å². The van der Waals surface area contributed by atoms with Crippen LogP contribution >= 0.6 is 12.4 Å². The van der Waals surface area contributed by atoms with E-state index in [4.69, 9.17) is 0 Å². The van der Waals surface area contributed by atoms with Gasteiger partial charge in [0.05, 0.1) is 0 Å². The summed E-state index contributed by atoms with van der Waals surface area (Å²) in [5, 5.41) is 0. The molecule has 0 atom stereocenters. The Kier molecular flexibility index (Phi) is 3.43. The minimum Gasteiger partial charge on any atom is -0.147 e. The molecule has 0 N–H and O–H groups in total. The summed E-state index contributed by atoms with van der Waals surface area (Å²) >= 11 is 0. The van der Waals surface area contributed by atoms with Crippen molar-refractivity contribution in [1.82, 2.24) is 0 Å². The van der Waals surface area contributed by atoms with E-state index in [1.54, 1.807) is 0 Å². The first-order valence-corrected chi connectivity index (χ1v) is 2.00. The van der Waals surface area contributed by atoms with E-state index >= 15 is 0 Å². The maximum absolute atomic E-state index is 2.00. The molecule has 0 radical (unpaired) electrons. The summed E-state index contributed by atoms with van der Waals surface area (Å²) in [4.78, 5) is 0. The molecule has 7 heavy (non-hydrogen) atoms. The van der Waals surface area contributed by atoms with E-state index in [1.165, 1.54) is 0 Å². The highest BCUT2D eigenvalue weighted by molar-refractivity contribution is 5.85. The van der Waals surface area contributed by atoms with E-state index in [0.717, 1.165) is 0 Å². The van der Waals surface area contributed by atoms with Gasteiger partial charge in [0.2, 0.25) is 0 Å². The molecule has 0 aliphatic carbocycles. The summed E-state index contributed by atoms with van der Waals surface area (Å²) in [5.74, 6) is 0. The standard InChI is InChI=1S/C6H6.ClH/c1-2-4-6-5-3-1;/h1-6H;1H/p+2. The van der Waals surface area contributed by atoms with Crippen molar-refractivity contribution in [2.24, 2.45) is 0 Å². The molecule has 0 amide bonds. The van der Waals surface area contributed by atoms with Crippen molar-refractivity contribution in [1.29, 1.82) is 0 Å². The van der Waals surface area contributed by atoms with Crippen molar-refractivity contribution < 1.29 is 2.85 Å². The molecule has 0 bridgehead atoms. The fraction of sp³-hybridized carbons (Fsp3) is 0. The van der Waals surface area contributed by atoms with Crippen LogP contribution in [0.4, 0.5) is 0 Å². The topological polar surface area (TPSA) is 0 Å². The Balaban J connectivity index is -0.000000120.